The molecule has 1 fully saturated rings. The highest BCUT2D eigenvalue weighted by molar-refractivity contribution is 5.94. The summed E-state index contributed by atoms with van der Waals surface area (Å²) in [6, 6.07) is 12.1. The van der Waals surface area contributed by atoms with Crippen molar-refractivity contribution >= 4 is 5.91 Å². The van der Waals surface area contributed by atoms with Crippen molar-refractivity contribution in [1.82, 2.24) is 10.2 Å². The van der Waals surface area contributed by atoms with Gasteiger partial charge in [0.1, 0.15) is 0 Å². The predicted octanol–water partition coefficient (Wildman–Crippen LogP) is 2.95. The minimum atomic E-state index is -0.551. The highest BCUT2D eigenvalue weighted by atomic mass is 19.1. The lowest BCUT2D eigenvalue weighted by atomic mass is 10.0. The Kier molecular flexibility index (Phi) is 6.42. The lowest BCUT2D eigenvalue weighted by Gasteiger charge is -2.31. The van der Waals surface area contributed by atoms with Crippen LogP contribution in [-0.2, 0) is 4.74 Å². The van der Waals surface area contributed by atoms with Gasteiger partial charge in [-0.1, -0.05) is 29.8 Å². The number of morpholine rings is 1. The molecule has 2 aromatic rings. The summed E-state index contributed by atoms with van der Waals surface area (Å²) < 4.78 is 24.3. The van der Waals surface area contributed by atoms with Gasteiger partial charge in [0.15, 0.2) is 11.6 Å². The lowest BCUT2D eigenvalue weighted by Crippen LogP contribution is -2.43. The number of methoxy groups -OCH3 is 1. The van der Waals surface area contributed by atoms with Crippen LogP contribution >= 0.6 is 0 Å². The molecule has 27 heavy (non-hydrogen) atoms. The quantitative estimate of drug-likeness (QED) is 0.847. The molecular formula is C21H25FN2O3. The summed E-state index contributed by atoms with van der Waals surface area (Å²) in [5.41, 5.74) is 2.45. The number of halogens is 1. The summed E-state index contributed by atoms with van der Waals surface area (Å²) in [5.74, 6) is -0.740. The third kappa shape index (κ3) is 5.05. The van der Waals surface area contributed by atoms with Gasteiger partial charge in [-0.15, -0.1) is 0 Å². The number of nitrogens with one attached hydrogen (secondary N) is 1. The van der Waals surface area contributed by atoms with E-state index < -0.39 is 5.82 Å². The van der Waals surface area contributed by atoms with Gasteiger partial charge in [0, 0.05) is 25.2 Å². The van der Waals surface area contributed by atoms with Crippen molar-refractivity contribution in [2.24, 2.45) is 0 Å². The Balaban J connectivity index is 1.78. The van der Waals surface area contributed by atoms with Gasteiger partial charge >= 0.3 is 0 Å². The highest BCUT2D eigenvalue weighted by Crippen LogP contribution is 2.20. The van der Waals surface area contributed by atoms with Crippen LogP contribution in [0.2, 0.25) is 0 Å². The summed E-state index contributed by atoms with van der Waals surface area (Å²) in [4.78, 5) is 15.0. The summed E-state index contributed by atoms with van der Waals surface area (Å²) in [6.07, 6.45) is 0. The largest absolute Gasteiger partial charge is 0.494 e. The molecule has 2 aromatic carbocycles. The summed E-state index contributed by atoms with van der Waals surface area (Å²) >= 11 is 0. The van der Waals surface area contributed by atoms with E-state index in [4.69, 9.17) is 9.47 Å². The van der Waals surface area contributed by atoms with Crippen molar-refractivity contribution < 1.29 is 18.7 Å². The van der Waals surface area contributed by atoms with E-state index >= 15 is 0 Å². The second kappa shape index (κ2) is 8.97. The van der Waals surface area contributed by atoms with Crippen molar-refractivity contribution in [1.29, 1.82) is 0 Å². The molecule has 1 aliphatic heterocycles. The molecule has 1 atom stereocenters. The zero-order valence-corrected chi connectivity index (χ0v) is 15.7. The zero-order chi connectivity index (χ0) is 19.2. The van der Waals surface area contributed by atoms with Crippen molar-refractivity contribution in [3.05, 3.63) is 65.0 Å². The fourth-order valence-electron chi connectivity index (χ4n) is 3.12. The molecular weight excluding hydrogens is 347 g/mol. The van der Waals surface area contributed by atoms with Crippen molar-refractivity contribution in [3.63, 3.8) is 0 Å². The van der Waals surface area contributed by atoms with Crippen molar-refractivity contribution in [3.8, 4) is 5.75 Å². The van der Waals surface area contributed by atoms with Gasteiger partial charge < -0.3 is 14.8 Å². The molecule has 5 nitrogen and oxygen atoms in total. The van der Waals surface area contributed by atoms with Gasteiger partial charge in [-0.05, 0) is 30.7 Å². The molecule has 1 N–H and O–H groups in total. The molecule has 0 unspecified atom stereocenters. The first-order valence-corrected chi connectivity index (χ1v) is 9.08. The number of carbonyl (C=O) groups excluding carboxylic acids is 1. The molecule has 0 aromatic heterocycles. The number of ether oxygens (including phenoxy) is 2. The Bertz CT molecular complexity index is 773. The maximum Gasteiger partial charge on any atom is 0.251 e. The number of hydrogen-bond donors (Lipinski definition) is 1. The van der Waals surface area contributed by atoms with Gasteiger partial charge in [-0.2, -0.15) is 0 Å². The Morgan fingerprint density at radius 1 is 1.22 bits per heavy atom. The predicted molar refractivity (Wildman–Crippen MR) is 102 cm³/mol. The fourth-order valence-corrected chi connectivity index (χ4v) is 3.12. The van der Waals surface area contributed by atoms with Crippen LogP contribution in [-0.4, -0.2) is 50.8 Å². The normalized spacial score (nSPS) is 16.0. The molecule has 0 aliphatic carbocycles. The molecule has 0 saturated carbocycles. The number of aryl methyl sites for hydroxylation is 1. The molecule has 3 rings (SSSR count). The van der Waals surface area contributed by atoms with Crippen LogP contribution in [0.15, 0.2) is 42.5 Å². The van der Waals surface area contributed by atoms with Crippen LogP contribution in [0.3, 0.4) is 0 Å². The van der Waals surface area contributed by atoms with Crippen LogP contribution in [0.4, 0.5) is 4.39 Å². The van der Waals surface area contributed by atoms with Crippen LogP contribution < -0.4 is 10.1 Å². The highest BCUT2D eigenvalue weighted by Gasteiger charge is 2.21. The molecule has 6 heteroatoms. The molecule has 1 aliphatic rings. The number of nitrogens with zero attached hydrogens (tertiary/aromatic N) is 1. The fraction of sp³-hybridized carbons (Fsp3) is 0.381. The molecule has 0 radical (unpaired) electrons. The molecule has 1 saturated heterocycles. The summed E-state index contributed by atoms with van der Waals surface area (Å²) in [7, 11) is 1.40. The van der Waals surface area contributed by atoms with E-state index in [1.807, 2.05) is 31.2 Å². The molecule has 1 amide bonds. The van der Waals surface area contributed by atoms with E-state index in [2.05, 4.69) is 10.2 Å². The molecule has 0 spiro atoms. The Morgan fingerprint density at radius 3 is 2.56 bits per heavy atom. The molecule has 1 heterocycles. The van der Waals surface area contributed by atoms with Gasteiger partial charge in [0.25, 0.3) is 5.91 Å². The molecule has 0 bridgehead atoms. The minimum absolute atomic E-state index is 0.120. The topological polar surface area (TPSA) is 50.8 Å². The van der Waals surface area contributed by atoms with Crippen LogP contribution in [0.25, 0.3) is 0 Å². The van der Waals surface area contributed by atoms with E-state index in [0.29, 0.717) is 19.8 Å². The van der Waals surface area contributed by atoms with Crippen LogP contribution in [0.5, 0.6) is 5.75 Å². The second-order valence-corrected chi connectivity index (χ2v) is 6.70. The van der Waals surface area contributed by atoms with E-state index in [0.717, 1.165) is 24.2 Å². The summed E-state index contributed by atoms with van der Waals surface area (Å²) in [5, 5.41) is 3.05. The van der Waals surface area contributed by atoms with Gasteiger partial charge in [0.05, 0.1) is 26.4 Å². The van der Waals surface area contributed by atoms with Crippen LogP contribution in [0.1, 0.15) is 27.5 Å². The van der Waals surface area contributed by atoms with E-state index in [-0.39, 0.29) is 23.3 Å². The first-order valence-electron chi connectivity index (χ1n) is 9.08. The third-order valence-electron chi connectivity index (χ3n) is 4.74. The maximum atomic E-state index is 14.0. The monoisotopic (exact) mass is 372 g/mol. The van der Waals surface area contributed by atoms with E-state index in [9.17, 15) is 9.18 Å². The number of carbonyl (C=O) groups is 1. The van der Waals surface area contributed by atoms with E-state index in [1.165, 1.54) is 19.2 Å². The number of rotatable bonds is 6. The number of benzene rings is 2. The average molecular weight is 372 g/mol. The first-order chi connectivity index (χ1) is 13.1. The van der Waals surface area contributed by atoms with E-state index in [1.54, 1.807) is 6.07 Å². The minimum Gasteiger partial charge on any atom is -0.494 e. The number of hydrogen-bond acceptors (Lipinski definition) is 4. The zero-order valence-electron chi connectivity index (χ0n) is 15.7. The van der Waals surface area contributed by atoms with Crippen molar-refractivity contribution in [2.45, 2.75) is 13.0 Å². The average Bonchev–Trinajstić information content (AvgIpc) is 2.68. The standard InChI is InChI=1S/C21H25FN2O3/c1-15-3-5-16(6-4-15)19(14-24-9-11-27-12-10-24)23-21(25)17-7-8-20(26-2)18(22)13-17/h3-8,13,19H,9-12,14H2,1-2H3,(H,23,25)/t19-/m1/s1. The van der Waals surface area contributed by atoms with Gasteiger partial charge in [-0.25, -0.2) is 4.39 Å². The molecule has 144 valence electrons. The Hall–Kier alpha value is -2.44. The Morgan fingerprint density at radius 2 is 1.93 bits per heavy atom. The van der Waals surface area contributed by atoms with Crippen molar-refractivity contribution in [2.75, 3.05) is 40.0 Å². The summed E-state index contributed by atoms with van der Waals surface area (Å²) in [6.45, 7) is 5.75. The van der Waals surface area contributed by atoms with Gasteiger partial charge in [-0.3, -0.25) is 9.69 Å². The lowest BCUT2D eigenvalue weighted by molar-refractivity contribution is 0.0332. The van der Waals surface area contributed by atoms with Gasteiger partial charge in [0.2, 0.25) is 0 Å². The smallest absolute Gasteiger partial charge is 0.251 e. The number of amides is 1. The second-order valence-electron chi connectivity index (χ2n) is 6.70. The Labute approximate surface area is 159 Å². The third-order valence-corrected chi connectivity index (χ3v) is 4.74. The maximum absolute atomic E-state index is 14.0. The first kappa shape index (κ1) is 19.3. The SMILES string of the molecule is COc1ccc(C(=O)N[C@H](CN2CCOCC2)c2ccc(C)cc2)cc1F. The van der Waals surface area contributed by atoms with Crippen LogP contribution in [0, 0.1) is 12.7 Å².